The van der Waals surface area contributed by atoms with Crippen LogP contribution >= 0.6 is 0 Å². The van der Waals surface area contributed by atoms with Crippen molar-refractivity contribution in [3.05, 3.63) is 95.6 Å². The number of carbonyl (C=O) groups excluding carboxylic acids is 2. The lowest BCUT2D eigenvalue weighted by molar-refractivity contribution is -0.141. The van der Waals surface area contributed by atoms with Crippen LogP contribution in [0.25, 0.3) is 0 Å². The van der Waals surface area contributed by atoms with E-state index >= 15 is 0 Å². The second-order valence-corrected chi connectivity index (χ2v) is 9.52. The lowest BCUT2D eigenvalue weighted by Gasteiger charge is -2.29. The maximum atomic E-state index is 14.2. The van der Waals surface area contributed by atoms with Gasteiger partial charge in [0.1, 0.15) is 11.4 Å². The molecule has 0 aromatic heterocycles. The van der Waals surface area contributed by atoms with Gasteiger partial charge in [0.2, 0.25) is 0 Å². The largest absolute Gasteiger partial charge is 0.497 e. The lowest BCUT2D eigenvalue weighted by atomic mass is 9.74. The average Bonchev–Trinajstić information content (AvgIpc) is 3.36. The van der Waals surface area contributed by atoms with E-state index in [1.54, 1.807) is 46.1 Å². The number of para-hydroxylation sites is 1. The van der Waals surface area contributed by atoms with Crippen molar-refractivity contribution >= 4 is 23.4 Å². The predicted octanol–water partition coefficient (Wildman–Crippen LogP) is 5.39. The minimum Gasteiger partial charge on any atom is -0.497 e. The summed E-state index contributed by atoms with van der Waals surface area (Å²) in [7, 11) is 1.59. The van der Waals surface area contributed by atoms with Crippen molar-refractivity contribution in [1.29, 1.82) is 0 Å². The first-order valence-electron chi connectivity index (χ1n) is 11.4. The van der Waals surface area contributed by atoms with Gasteiger partial charge in [-0.3, -0.25) is 4.79 Å². The van der Waals surface area contributed by atoms with Crippen LogP contribution in [0.15, 0.2) is 84.0 Å². The highest BCUT2D eigenvalue weighted by molar-refractivity contribution is 6.24. The third kappa shape index (κ3) is 3.64. The summed E-state index contributed by atoms with van der Waals surface area (Å²) in [4.78, 5) is 34.6. The highest BCUT2D eigenvalue weighted by Crippen LogP contribution is 2.55. The molecule has 2 amide bonds. The normalized spacial score (nSPS) is 20.9. The topological polar surface area (TPSA) is 77.4 Å². The van der Waals surface area contributed by atoms with Gasteiger partial charge in [-0.05, 0) is 44.5 Å². The van der Waals surface area contributed by atoms with Crippen molar-refractivity contribution in [2.45, 2.75) is 37.9 Å². The molecule has 2 heterocycles. The van der Waals surface area contributed by atoms with E-state index in [0.717, 1.165) is 16.0 Å². The minimum atomic E-state index is -1.58. The summed E-state index contributed by atoms with van der Waals surface area (Å²) in [5.74, 6) is -0.545. The molecule has 0 fully saturated rings. The Morgan fingerprint density at radius 2 is 1.71 bits per heavy atom. The third-order valence-electron chi connectivity index (χ3n) is 6.11. The summed E-state index contributed by atoms with van der Waals surface area (Å²) in [6.07, 6.45) is -0.757. The van der Waals surface area contributed by atoms with E-state index in [1.165, 1.54) is 0 Å². The van der Waals surface area contributed by atoms with E-state index in [2.05, 4.69) is 5.16 Å². The number of nitrogens with zero attached hydrogens (tertiary/aromatic N) is 2. The first-order valence-corrected chi connectivity index (χ1v) is 11.4. The number of oxime groups is 1. The van der Waals surface area contributed by atoms with Crippen molar-refractivity contribution in [2.75, 3.05) is 12.0 Å². The van der Waals surface area contributed by atoms with Gasteiger partial charge >= 0.3 is 6.09 Å². The molecule has 5 rings (SSSR count). The molecule has 0 saturated heterocycles. The summed E-state index contributed by atoms with van der Waals surface area (Å²) in [5.41, 5.74) is 0.800. The Kier molecular flexibility index (Phi) is 5.35. The van der Waals surface area contributed by atoms with E-state index < -0.39 is 29.1 Å². The average molecular weight is 471 g/mol. The van der Waals surface area contributed by atoms with Gasteiger partial charge in [-0.2, -0.15) is 0 Å². The molecular formula is C28H26N2O5. The molecule has 7 heteroatoms. The number of hydrogen-bond donors (Lipinski definition) is 0. The van der Waals surface area contributed by atoms with Crippen molar-refractivity contribution in [1.82, 2.24) is 0 Å². The van der Waals surface area contributed by atoms with Crippen molar-refractivity contribution in [3.63, 3.8) is 0 Å². The highest BCUT2D eigenvalue weighted by Gasteiger charge is 2.65. The fraction of sp³-hybridized carbons (Fsp3) is 0.250. The van der Waals surface area contributed by atoms with Crippen LogP contribution in [0.2, 0.25) is 0 Å². The molecule has 2 atom stereocenters. The van der Waals surface area contributed by atoms with Gasteiger partial charge in [0.15, 0.2) is 0 Å². The number of benzene rings is 3. The van der Waals surface area contributed by atoms with Crippen molar-refractivity contribution in [2.24, 2.45) is 5.16 Å². The van der Waals surface area contributed by atoms with Crippen molar-refractivity contribution in [3.8, 4) is 5.75 Å². The summed E-state index contributed by atoms with van der Waals surface area (Å²) in [5, 5.41) is 4.45. The molecule has 1 spiro atoms. The van der Waals surface area contributed by atoms with Crippen LogP contribution in [0, 0.1) is 0 Å². The maximum absolute atomic E-state index is 14.2. The number of imide groups is 1. The van der Waals surface area contributed by atoms with Crippen LogP contribution in [-0.2, 0) is 20.0 Å². The van der Waals surface area contributed by atoms with Gasteiger partial charge in [0, 0.05) is 11.1 Å². The summed E-state index contributed by atoms with van der Waals surface area (Å²) < 4.78 is 11.1. The zero-order chi connectivity index (χ0) is 24.8. The second-order valence-electron chi connectivity index (χ2n) is 9.52. The lowest BCUT2D eigenvalue weighted by Crippen LogP contribution is -2.48. The molecule has 3 aromatic rings. The Labute approximate surface area is 203 Å². The molecule has 0 N–H and O–H groups in total. The molecule has 2 aliphatic rings. The number of anilines is 1. The van der Waals surface area contributed by atoms with Crippen LogP contribution in [0.4, 0.5) is 10.5 Å². The third-order valence-corrected chi connectivity index (χ3v) is 6.11. The second kappa shape index (κ2) is 8.27. The number of carbonyl (C=O) groups is 2. The monoisotopic (exact) mass is 470 g/mol. The number of hydrogen-bond acceptors (Lipinski definition) is 6. The molecule has 3 aromatic carbocycles. The van der Waals surface area contributed by atoms with Gasteiger partial charge in [0.25, 0.3) is 11.5 Å². The van der Waals surface area contributed by atoms with Crippen LogP contribution in [0.1, 0.15) is 43.4 Å². The first-order chi connectivity index (χ1) is 16.8. The zero-order valence-corrected chi connectivity index (χ0v) is 20.0. The summed E-state index contributed by atoms with van der Waals surface area (Å²) in [6.45, 7) is 5.28. The Morgan fingerprint density at radius 1 is 1.00 bits per heavy atom. The van der Waals surface area contributed by atoms with E-state index in [9.17, 15) is 9.59 Å². The number of methoxy groups -OCH3 is 1. The molecule has 2 unspecified atom stereocenters. The van der Waals surface area contributed by atoms with Crippen LogP contribution in [0.3, 0.4) is 0 Å². The molecule has 178 valence electrons. The zero-order valence-electron chi connectivity index (χ0n) is 20.0. The Bertz CT molecular complexity index is 1330. The quantitative estimate of drug-likeness (QED) is 0.513. The van der Waals surface area contributed by atoms with E-state index in [1.807, 2.05) is 60.7 Å². The van der Waals surface area contributed by atoms with E-state index in [4.69, 9.17) is 14.3 Å². The Balaban J connectivity index is 1.71. The molecule has 35 heavy (non-hydrogen) atoms. The van der Waals surface area contributed by atoms with Gasteiger partial charge in [0.05, 0.1) is 24.4 Å². The summed E-state index contributed by atoms with van der Waals surface area (Å²) in [6, 6.07) is 24.2. The molecular weight excluding hydrogens is 444 g/mol. The standard InChI is InChI=1S/C28H26N2O5/c1-27(2,3)34-26(32)30-22-16-9-8-15-21(22)28(25(30)31)23(19-13-10-14-20(17-19)33-4)24(29-35-28)18-11-6-5-7-12-18/h5-17,23H,1-4H3. The van der Waals surface area contributed by atoms with E-state index in [0.29, 0.717) is 22.7 Å². The van der Waals surface area contributed by atoms with Gasteiger partial charge in [-0.15, -0.1) is 0 Å². The van der Waals surface area contributed by atoms with Crippen LogP contribution < -0.4 is 9.64 Å². The predicted molar refractivity (Wildman–Crippen MR) is 132 cm³/mol. The van der Waals surface area contributed by atoms with Crippen molar-refractivity contribution < 1.29 is 23.9 Å². The molecule has 7 nitrogen and oxygen atoms in total. The molecule has 2 aliphatic heterocycles. The number of fused-ring (bicyclic) bond motifs is 2. The minimum absolute atomic E-state index is 0.421. The fourth-order valence-corrected chi connectivity index (χ4v) is 4.69. The van der Waals surface area contributed by atoms with Crippen LogP contribution in [0.5, 0.6) is 5.75 Å². The Hall–Kier alpha value is -4.13. The van der Waals surface area contributed by atoms with Gasteiger partial charge < -0.3 is 14.3 Å². The molecule has 0 saturated carbocycles. The first kappa shape index (κ1) is 22.7. The number of rotatable bonds is 3. The number of ether oxygens (including phenoxy) is 2. The fourth-order valence-electron chi connectivity index (χ4n) is 4.69. The number of amides is 2. The Morgan fingerprint density at radius 3 is 2.43 bits per heavy atom. The molecule has 0 radical (unpaired) electrons. The SMILES string of the molecule is COc1cccc(C2C(c3ccccc3)=NOC23C(=O)N(C(=O)OC(C)(C)C)c2ccccc23)c1. The van der Waals surface area contributed by atoms with Gasteiger partial charge in [-0.25, -0.2) is 9.69 Å². The van der Waals surface area contributed by atoms with Crippen LogP contribution in [-0.4, -0.2) is 30.4 Å². The maximum Gasteiger partial charge on any atom is 0.421 e. The molecule has 0 bridgehead atoms. The van der Waals surface area contributed by atoms with Gasteiger partial charge in [-0.1, -0.05) is 65.8 Å². The smallest absolute Gasteiger partial charge is 0.421 e. The highest BCUT2D eigenvalue weighted by atomic mass is 16.7. The van der Waals surface area contributed by atoms with E-state index in [-0.39, 0.29) is 0 Å². The molecule has 0 aliphatic carbocycles. The summed E-state index contributed by atoms with van der Waals surface area (Å²) >= 11 is 0.